The van der Waals surface area contributed by atoms with E-state index in [9.17, 15) is 9.59 Å². The summed E-state index contributed by atoms with van der Waals surface area (Å²) in [4.78, 5) is 33.8. The van der Waals surface area contributed by atoms with Crippen LogP contribution in [0.3, 0.4) is 0 Å². The van der Waals surface area contributed by atoms with Crippen molar-refractivity contribution in [1.82, 2.24) is 19.4 Å². The van der Waals surface area contributed by atoms with Crippen LogP contribution in [0, 0.1) is 18.8 Å². The van der Waals surface area contributed by atoms with Gasteiger partial charge in [-0.1, -0.05) is 30.7 Å². The number of aryl methyl sites for hydroxylation is 1. The smallest absolute Gasteiger partial charge is 0.242 e. The lowest BCUT2D eigenvalue weighted by atomic mass is 9.81. The highest BCUT2D eigenvalue weighted by Gasteiger charge is 2.36. The summed E-state index contributed by atoms with van der Waals surface area (Å²) in [5, 5.41) is 0. The normalized spacial score (nSPS) is 18.5. The van der Waals surface area contributed by atoms with Gasteiger partial charge in [0, 0.05) is 44.5 Å². The molecule has 2 fully saturated rings. The second kappa shape index (κ2) is 9.67. The molecule has 1 aliphatic heterocycles. The van der Waals surface area contributed by atoms with Gasteiger partial charge in [0.25, 0.3) is 0 Å². The number of carbonyl (C=O) groups is 2. The van der Waals surface area contributed by atoms with E-state index in [1.807, 2.05) is 27.6 Å². The first-order valence-electron chi connectivity index (χ1n) is 11.6. The molecule has 0 radical (unpaired) electrons. The van der Waals surface area contributed by atoms with Crippen LogP contribution in [-0.4, -0.2) is 57.3 Å². The largest absolute Gasteiger partial charge is 0.342 e. The van der Waals surface area contributed by atoms with Gasteiger partial charge >= 0.3 is 0 Å². The van der Waals surface area contributed by atoms with Crippen LogP contribution >= 0.6 is 0 Å². The predicted molar refractivity (Wildman–Crippen MR) is 120 cm³/mol. The topological polar surface area (TPSA) is 58.4 Å². The van der Waals surface area contributed by atoms with Gasteiger partial charge in [0.05, 0.1) is 6.33 Å². The minimum atomic E-state index is 0.144. The average Bonchev–Trinajstić information content (AvgIpc) is 3.24. The van der Waals surface area contributed by atoms with Crippen LogP contribution in [0.25, 0.3) is 0 Å². The van der Waals surface area contributed by atoms with E-state index >= 15 is 0 Å². The van der Waals surface area contributed by atoms with Gasteiger partial charge in [-0.2, -0.15) is 0 Å². The van der Waals surface area contributed by atoms with Gasteiger partial charge < -0.3 is 14.4 Å². The number of rotatable bonds is 7. The molecule has 1 atom stereocenters. The number of benzene rings is 1. The molecule has 1 aromatic carbocycles. The summed E-state index contributed by atoms with van der Waals surface area (Å²) < 4.78 is 1.82. The molecule has 2 amide bonds. The maximum atomic E-state index is 13.1. The zero-order chi connectivity index (χ0) is 21.8. The number of likely N-dealkylation sites (N-methyl/N-ethyl adjacent to an activating group) is 1. The van der Waals surface area contributed by atoms with Crippen LogP contribution in [-0.2, 0) is 22.6 Å². The summed E-state index contributed by atoms with van der Waals surface area (Å²) in [7, 11) is 2.00. The van der Waals surface area contributed by atoms with Gasteiger partial charge in [-0.3, -0.25) is 9.59 Å². The summed E-state index contributed by atoms with van der Waals surface area (Å²) in [6.07, 6.45) is 11.2. The van der Waals surface area contributed by atoms with Crippen molar-refractivity contribution in [3.05, 3.63) is 54.1 Å². The predicted octanol–water partition coefficient (Wildman–Crippen LogP) is 3.30. The molecule has 1 saturated carbocycles. The fraction of sp³-hybridized carbons (Fsp3) is 0.560. The molecule has 2 aliphatic rings. The Bertz CT molecular complexity index is 883. The standard InChI is InChI=1S/C25H34N4O2/c1-19-6-3-4-7-22(19)16-23(27(2)25(31)21-8-5-9-21)20-10-13-29(14-11-20)24(30)17-28-15-12-26-18-28/h3-4,6-7,12,15,18,20-21,23H,5,8-11,13-14,16-17H2,1-2H3. The van der Waals surface area contributed by atoms with Crippen molar-refractivity contribution in [3.8, 4) is 0 Å². The number of amides is 2. The van der Waals surface area contributed by atoms with Crippen molar-refractivity contribution in [2.24, 2.45) is 11.8 Å². The maximum Gasteiger partial charge on any atom is 0.242 e. The van der Waals surface area contributed by atoms with Crippen LogP contribution < -0.4 is 0 Å². The van der Waals surface area contributed by atoms with Crippen LogP contribution in [0.5, 0.6) is 0 Å². The highest BCUT2D eigenvalue weighted by Crippen LogP contribution is 2.32. The third-order valence-corrected chi connectivity index (χ3v) is 7.30. The van der Waals surface area contributed by atoms with Gasteiger partial charge in [-0.05, 0) is 56.1 Å². The molecule has 0 bridgehead atoms. The van der Waals surface area contributed by atoms with Crippen LogP contribution in [0.2, 0.25) is 0 Å². The molecule has 2 heterocycles. The Balaban J connectivity index is 1.43. The average molecular weight is 423 g/mol. The minimum absolute atomic E-state index is 0.144. The van der Waals surface area contributed by atoms with E-state index in [4.69, 9.17) is 0 Å². The molecule has 2 aromatic rings. The number of likely N-dealkylation sites (tertiary alicyclic amines) is 1. The molecule has 166 valence electrons. The number of nitrogens with zero attached hydrogens (tertiary/aromatic N) is 4. The van der Waals surface area contributed by atoms with Gasteiger partial charge in [0.15, 0.2) is 0 Å². The summed E-state index contributed by atoms with van der Waals surface area (Å²) in [5.74, 6) is 1.07. The third kappa shape index (κ3) is 5.00. The van der Waals surface area contributed by atoms with E-state index in [1.165, 1.54) is 17.5 Å². The lowest BCUT2D eigenvalue weighted by molar-refractivity contribution is -0.141. The number of piperidine rings is 1. The van der Waals surface area contributed by atoms with E-state index < -0.39 is 0 Å². The quantitative estimate of drug-likeness (QED) is 0.688. The molecule has 6 nitrogen and oxygen atoms in total. The second-order valence-corrected chi connectivity index (χ2v) is 9.23. The van der Waals surface area contributed by atoms with Gasteiger partial charge in [-0.15, -0.1) is 0 Å². The van der Waals surface area contributed by atoms with Crippen molar-refractivity contribution in [2.75, 3.05) is 20.1 Å². The maximum absolute atomic E-state index is 13.1. The van der Waals surface area contributed by atoms with Crippen LogP contribution in [0.1, 0.15) is 43.2 Å². The van der Waals surface area contributed by atoms with Crippen LogP contribution in [0.15, 0.2) is 43.0 Å². The molecular weight excluding hydrogens is 388 g/mol. The lowest BCUT2D eigenvalue weighted by Gasteiger charge is -2.42. The van der Waals surface area contributed by atoms with E-state index in [2.05, 4.69) is 36.2 Å². The van der Waals surface area contributed by atoms with Crippen molar-refractivity contribution in [3.63, 3.8) is 0 Å². The molecule has 6 heteroatoms. The van der Waals surface area contributed by atoms with Crippen molar-refractivity contribution >= 4 is 11.8 Å². The zero-order valence-electron chi connectivity index (χ0n) is 18.7. The first-order valence-corrected chi connectivity index (χ1v) is 11.6. The summed E-state index contributed by atoms with van der Waals surface area (Å²) in [5.41, 5.74) is 2.60. The first-order chi connectivity index (χ1) is 15.0. The number of aromatic nitrogens is 2. The monoisotopic (exact) mass is 422 g/mol. The number of imidazole rings is 1. The van der Waals surface area contributed by atoms with Crippen molar-refractivity contribution in [2.45, 2.75) is 58.0 Å². The van der Waals surface area contributed by atoms with Gasteiger partial charge in [0.1, 0.15) is 6.54 Å². The van der Waals surface area contributed by atoms with Crippen LogP contribution in [0.4, 0.5) is 0 Å². The van der Waals surface area contributed by atoms with E-state index in [0.717, 1.165) is 45.2 Å². The number of carbonyl (C=O) groups excluding carboxylic acids is 2. The zero-order valence-corrected chi connectivity index (χ0v) is 18.7. The van der Waals surface area contributed by atoms with E-state index in [-0.39, 0.29) is 17.9 Å². The second-order valence-electron chi connectivity index (χ2n) is 9.23. The Kier molecular flexibility index (Phi) is 6.73. The number of hydrogen-bond acceptors (Lipinski definition) is 3. The Morgan fingerprint density at radius 2 is 1.90 bits per heavy atom. The highest BCUT2D eigenvalue weighted by molar-refractivity contribution is 5.79. The molecule has 1 unspecified atom stereocenters. The Labute approximate surface area is 185 Å². The Morgan fingerprint density at radius 3 is 2.52 bits per heavy atom. The van der Waals surface area contributed by atoms with Gasteiger partial charge in [-0.25, -0.2) is 4.98 Å². The molecule has 1 aliphatic carbocycles. The summed E-state index contributed by atoms with van der Waals surface area (Å²) >= 11 is 0. The van der Waals surface area contributed by atoms with Crippen molar-refractivity contribution in [1.29, 1.82) is 0 Å². The lowest BCUT2D eigenvalue weighted by Crippen LogP contribution is -2.50. The molecule has 31 heavy (non-hydrogen) atoms. The molecular formula is C25H34N4O2. The molecule has 0 N–H and O–H groups in total. The Morgan fingerprint density at radius 1 is 1.16 bits per heavy atom. The van der Waals surface area contributed by atoms with Crippen molar-refractivity contribution < 1.29 is 9.59 Å². The summed E-state index contributed by atoms with van der Waals surface area (Å²) in [6, 6.07) is 8.68. The molecule has 1 aromatic heterocycles. The molecule has 4 rings (SSSR count). The molecule has 1 saturated heterocycles. The number of hydrogen-bond donors (Lipinski definition) is 0. The minimum Gasteiger partial charge on any atom is -0.342 e. The SMILES string of the molecule is Cc1ccccc1CC(C1CCN(C(=O)Cn2ccnc2)CC1)N(C)C(=O)C1CCC1. The first kappa shape index (κ1) is 21.6. The van der Waals surface area contributed by atoms with Gasteiger partial charge in [0.2, 0.25) is 11.8 Å². The highest BCUT2D eigenvalue weighted by atomic mass is 16.2. The third-order valence-electron chi connectivity index (χ3n) is 7.30. The van der Waals surface area contributed by atoms with E-state index in [0.29, 0.717) is 18.4 Å². The van der Waals surface area contributed by atoms with E-state index in [1.54, 1.807) is 12.5 Å². The molecule has 0 spiro atoms. The fourth-order valence-corrected chi connectivity index (χ4v) is 4.96. The fourth-order valence-electron chi connectivity index (χ4n) is 4.96. The summed E-state index contributed by atoms with van der Waals surface area (Å²) in [6.45, 7) is 4.01. The Hall–Kier alpha value is -2.63.